The van der Waals surface area contributed by atoms with Crippen LogP contribution in [0.4, 0.5) is 0 Å². The third kappa shape index (κ3) is 23.1. The van der Waals surface area contributed by atoms with Gasteiger partial charge in [0.05, 0.1) is 0 Å². The zero-order chi connectivity index (χ0) is 17.5. The van der Waals surface area contributed by atoms with E-state index in [9.17, 15) is 49.5 Å². The minimum atomic E-state index is -2.28. The maximum atomic E-state index is 10.8. The Bertz CT molecular complexity index is 442. The molecule has 0 aromatic rings. The van der Waals surface area contributed by atoms with E-state index in [-0.39, 0.29) is 257 Å². The molecular weight excluding hydrogens is 500 g/mol. The van der Waals surface area contributed by atoms with E-state index in [1.165, 1.54) is 0 Å². The van der Waals surface area contributed by atoms with Gasteiger partial charge in [0.25, 0.3) is 0 Å². The number of hydrogen-bond donors (Lipinski definition) is 0. The molecule has 27 heavy (non-hydrogen) atoms. The van der Waals surface area contributed by atoms with Crippen LogP contribution in [0.5, 0.6) is 0 Å². The molecule has 0 N–H and O–H groups in total. The molecule has 0 fully saturated rings. The molecule has 0 aliphatic carbocycles. The SMILES string of the molecule is O=C([O-])CC(CC(=O)[O-])C(CC(=O)[O-])(CC(=O)[O-])CC(=O)[O-].[K+].[K+].[K+].[K+].[K+]. The number of aliphatic carboxylic acids is 5. The average Bonchev–Trinajstić information content (AvgIpc) is 2.23. The van der Waals surface area contributed by atoms with E-state index in [0.29, 0.717) is 0 Å². The average molecular weight is 511 g/mol. The van der Waals surface area contributed by atoms with E-state index in [1.807, 2.05) is 0 Å². The minimum Gasteiger partial charge on any atom is -0.550 e. The number of carboxylic acid groups (broad SMARTS) is 5. The van der Waals surface area contributed by atoms with Crippen LogP contribution in [0.25, 0.3) is 0 Å². The fourth-order valence-electron chi connectivity index (χ4n) is 2.39. The normalized spacial score (nSPS) is 9.07. The van der Waals surface area contributed by atoms with Gasteiger partial charge in [0.1, 0.15) is 0 Å². The van der Waals surface area contributed by atoms with Crippen molar-refractivity contribution in [3.8, 4) is 0 Å². The molecule has 124 valence electrons. The van der Waals surface area contributed by atoms with E-state index >= 15 is 0 Å². The molecule has 0 bridgehead atoms. The summed E-state index contributed by atoms with van der Waals surface area (Å²) < 4.78 is 0. The first-order valence-corrected chi connectivity index (χ1v) is 5.97. The summed E-state index contributed by atoms with van der Waals surface area (Å²) in [6.07, 6.45) is -5.79. The second-order valence-electron chi connectivity index (χ2n) is 4.86. The van der Waals surface area contributed by atoms with Crippen molar-refractivity contribution in [1.82, 2.24) is 0 Å². The van der Waals surface area contributed by atoms with Gasteiger partial charge in [0, 0.05) is 29.8 Å². The summed E-state index contributed by atoms with van der Waals surface area (Å²) in [5, 5.41) is 53.7. The molecule has 0 aromatic carbocycles. The molecule has 0 saturated carbocycles. The monoisotopic (exact) mass is 510 g/mol. The van der Waals surface area contributed by atoms with E-state index < -0.39 is 73.3 Å². The fourth-order valence-corrected chi connectivity index (χ4v) is 2.39. The Labute approximate surface area is 368 Å². The number of hydrogen-bond acceptors (Lipinski definition) is 10. The first kappa shape index (κ1) is 45.9. The molecule has 0 aliphatic heterocycles. The molecule has 0 unspecified atom stereocenters. The van der Waals surface area contributed by atoms with Gasteiger partial charge >= 0.3 is 257 Å². The Kier molecular flexibility index (Phi) is 41.9. The van der Waals surface area contributed by atoms with Crippen LogP contribution in [-0.2, 0) is 24.0 Å². The van der Waals surface area contributed by atoms with Crippen LogP contribution in [0.1, 0.15) is 32.1 Å². The number of carbonyl (C=O) groups is 5. The van der Waals surface area contributed by atoms with Gasteiger partial charge in [-0.05, 0) is 43.4 Å². The molecule has 0 spiro atoms. The fraction of sp³-hybridized carbons (Fsp3) is 0.583. The predicted octanol–water partition coefficient (Wildman–Crippen LogP) is -21.7. The van der Waals surface area contributed by atoms with Crippen molar-refractivity contribution in [3.63, 3.8) is 0 Å². The zero-order valence-electron chi connectivity index (χ0n) is 16.2. The van der Waals surface area contributed by atoms with Crippen LogP contribution in [-0.4, -0.2) is 29.8 Å². The van der Waals surface area contributed by atoms with Crippen molar-refractivity contribution in [2.24, 2.45) is 11.3 Å². The summed E-state index contributed by atoms with van der Waals surface area (Å²) in [7, 11) is 0. The quantitative estimate of drug-likeness (QED) is 0.240. The van der Waals surface area contributed by atoms with Gasteiger partial charge in [-0.2, -0.15) is 0 Å². The van der Waals surface area contributed by atoms with Gasteiger partial charge in [0.15, 0.2) is 0 Å². The second-order valence-corrected chi connectivity index (χ2v) is 4.86. The number of carboxylic acids is 5. The molecule has 0 aliphatic rings. The Hall–Kier alpha value is 5.53. The van der Waals surface area contributed by atoms with Crippen LogP contribution in [0.2, 0.25) is 0 Å². The van der Waals surface area contributed by atoms with Crippen LogP contribution in [0.15, 0.2) is 0 Å². The first-order valence-electron chi connectivity index (χ1n) is 5.97. The van der Waals surface area contributed by atoms with Gasteiger partial charge in [-0.15, -0.1) is 0 Å². The molecule has 0 aromatic heterocycles. The van der Waals surface area contributed by atoms with Crippen molar-refractivity contribution < 1.29 is 306 Å². The molecular formula is C12H11K5O10. The minimum absolute atomic E-state index is 0. The third-order valence-electron chi connectivity index (χ3n) is 3.18. The predicted molar refractivity (Wildman–Crippen MR) is 54.0 cm³/mol. The van der Waals surface area contributed by atoms with E-state index in [0.717, 1.165) is 0 Å². The van der Waals surface area contributed by atoms with Crippen LogP contribution in [0.3, 0.4) is 0 Å². The largest absolute Gasteiger partial charge is 1.00 e. The maximum absolute atomic E-state index is 10.8. The Morgan fingerprint density at radius 2 is 0.741 bits per heavy atom. The van der Waals surface area contributed by atoms with Crippen molar-refractivity contribution in [3.05, 3.63) is 0 Å². The Balaban J connectivity index is -0.000000220. The van der Waals surface area contributed by atoms with Gasteiger partial charge in [-0.3, -0.25) is 0 Å². The molecule has 0 rings (SSSR count). The first-order chi connectivity index (χ1) is 9.98. The summed E-state index contributed by atoms with van der Waals surface area (Å²) in [6, 6.07) is 0. The molecule has 0 amide bonds. The summed E-state index contributed by atoms with van der Waals surface area (Å²) in [6.45, 7) is 0. The number of carbonyl (C=O) groups excluding carboxylic acids is 5. The molecule has 10 nitrogen and oxygen atoms in total. The second kappa shape index (κ2) is 24.6. The zero-order valence-corrected chi connectivity index (χ0v) is 31.8. The Morgan fingerprint density at radius 3 is 0.889 bits per heavy atom. The summed E-state index contributed by atoms with van der Waals surface area (Å²) in [4.78, 5) is 53.7. The van der Waals surface area contributed by atoms with Crippen LogP contribution >= 0.6 is 0 Å². The van der Waals surface area contributed by atoms with Gasteiger partial charge < -0.3 is 49.5 Å². The van der Waals surface area contributed by atoms with E-state index in [1.54, 1.807) is 0 Å². The van der Waals surface area contributed by atoms with Crippen LogP contribution in [0, 0.1) is 11.3 Å². The van der Waals surface area contributed by atoms with Crippen molar-refractivity contribution >= 4 is 29.8 Å². The standard InChI is InChI=1S/C12H16O10.5K/c13-7(14)1-6(2-8(15)16)12(3-9(17)18,4-10(19)20)5-11(21)22;;;;;/h6H,1-5H2,(H,13,14)(H,15,16)(H,17,18)(H,19,20)(H,21,22);;;;;/q;5*+1/p-5. The topological polar surface area (TPSA) is 201 Å². The van der Waals surface area contributed by atoms with Crippen molar-refractivity contribution in [1.29, 1.82) is 0 Å². The molecule has 0 saturated heterocycles. The van der Waals surface area contributed by atoms with Gasteiger partial charge in [-0.25, -0.2) is 0 Å². The molecule has 0 heterocycles. The van der Waals surface area contributed by atoms with Crippen molar-refractivity contribution in [2.75, 3.05) is 0 Å². The van der Waals surface area contributed by atoms with Crippen molar-refractivity contribution in [2.45, 2.75) is 32.1 Å². The number of rotatable bonds is 11. The smallest absolute Gasteiger partial charge is 0.550 e. The maximum Gasteiger partial charge on any atom is 1.00 e. The van der Waals surface area contributed by atoms with Crippen LogP contribution < -0.4 is 282 Å². The van der Waals surface area contributed by atoms with E-state index in [2.05, 4.69) is 0 Å². The summed E-state index contributed by atoms with van der Waals surface area (Å²) in [5.41, 5.74) is -2.28. The molecule has 0 radical (unpaired) electrons. The summed E-state index contributed by atoms with van der Waals surface area (Å²) >= 11 is 0. The third-order valence-corrected chi connectivity index (χ3v) is 3.18. The van der Waals surface area contributed by atoms with Gasteiger partial charge in [-0.1, -0.05) is 0 Å². The summed E-state index contributed by atoms with van der Waals surface area (Å²) in [5.74, 6) is -11.0. The molecule has 15 heteroatoms. The molecule has 0 atom stereocenters. The van der Waals surface area contributed by atoms with E-state index in [4.69, 9.17) is 0 Å². The Morgan fingerprint density at radius 1 is 0.519 bits per heavy atom. The van der Waals surface area contributed by atoms with Gasteiger partial charge in [0.2, 0.25) is 0 Å².